The molecule has 0 fully saturated rings. The summed E-state index contributed by atoms with van der Waals surface area (Å²) in [5.74, 6) is 0. The normalized spacial score (nSPS) is 13.7. The maximum atomic E-state index is 12.4. The molecule has 0 heterocycles. The summed E-state index contributed by atoms with van der Waals surface area (Å²) in [6, 6.07) is 3.95. The smallest absolute Gasteiger partial charge is 0.166 e. The lowest BCUT2D eigenvalue weighted by Crippen LogP contribution is -2.09. The van der Waals surface area contributed by atoms with Crippen LogP contribution in [0.15, 0.2) is 29.4 Å². The van der Waals surface area contributed by atoms with Crippen LogP contribution in [0.4, 0.5) is 13.2 Å². The largest absolute Gasteiger partial charge is 0.416 e. The standard InChI is InChI=1S/C9H8F3NO/c1-6(13-14)7-4-2-3-5-8(7)9(10,11)12/h2-6H,1H3. The predicted molar refractivity (Wildman–Crippen MR) is 45.7 cm³/mol. The van der Waals surface area contributed by atoms with Crippen molar-refractivity contribution in [2.24, 2.45) is 5.18 Å². The van der Waals surface area contributed by atoms with E-state index in [-0.39, 0.29) is 5.56 Å². The maximum absolute atomic E-state index is 12.4. The Morgan fingerprint density at radius 2 is 1.86 bits per heavy atom. The molecule has 1 aromatic rings. The van der Waals surface area contributed by atoms with Crippen LogP contribution in [-0.2, 0) is 6.18 Å². The van der Waals surface area contributed by atoms with E-state index in [0.29, 0.717) is 0 Å². The number of alkyl halides is 3. The van der Waals surface area contributed by atoms with E-state index in [2.05, 4.69) is 5.18 Å². The van der Waals surface area contributed by atoms with Crippen LogP contribution in [0.25, 0.3) is 0 Å². The summed E-state index contributed by atoms with van der Waals surface area (Å²) in [5, 5.41) is 2.58. The molecule has 0 saturated heterocycles. The molecule has 0 radical (unpaired) electrons. The Labute approximate surface area is 78.7 Å². The van der Waals surface area contributed by atoms with Crippen molar-refractivity contribution in [2.75, 3.05) is 0 Å². The van der Waals surface area contributed by atoms with E-state index >= 15 is 0 Å². The van der Waals surface area contributed by atoms with Crippen molar-refractivity contribution >= 4 is 0 Å². The van der Waals surface area contributed by atoms with Crippen LogP contribution in [0, 0.1) is 4.91 Å². The van der Waals surface area contributed by atoms with Gasteiger partial charge in [0.1, 0.15) is 6.04 Å². The van der Waals surface area contributed by atoms with Crippen molar-refractivity contribution < 1.29 is 13.2 Å². The SMILES string of the molecule is CC(N=O)c1ccccc1C(F)(F)F. The molecule has 0 amide bonds. The molecule has 2 nitrogen and oxygen atoms in total. The first-order valence-electron chi connectivity index (χ1n) is 3.95. The molecule has 0 aromatic heterocycles. The van der Waals surface area contributed by atoms with E-state index in [1.165, 1.54) is 25.1 Å². The highest BCUT2D eigenvalue weighted by atomic mass is 19.4. The zero-order chi connectivity index (χ0) is 10.8. The first-order chi connectivity index (χ1) is 6.46. The third-order valence-electron chi connectivity index (χ3n) is 1.87. The number of nitroso groups, excluding NO2 is 1. The lowest BCUT2D eigenvalue weighted by atomic mass is 10.0. The van der Waals surface area contributed by atoms with Crippen molar-refractivity contribution in [3.05, 3.63) is 40.3 Å². The van der Waals surface area contributed by atoms with E-state index in [9.17, 15) is 18.1 Å². The van der Waals surface area contributed by atoms with Crippen molar-refractivity contribution in [1.29, 1.82) is 0 Å². The zero-order valence-corrected chi connectivity index (χ0v) is 7.38. The quantitative estimate of drug-likeness (QED) is 0.676. The second-order valence-corrected chi connectivity index (χ2v) is 2.87. The Bertz CT molecular complexity index is 335. The van der Waals surface area contributed by atoms with Crippen LogP contribution >= 0.6 is 0 Å². The van der Waals surface area contributed by atoms with Crippen molar-refractivity contribution in [1.82, 2.24) is 0 Å². The second-order valence-electron chi connectivity index (χ2n) is 2.87. The fourth-order valence-electron chi connectivity index (χ4n) is 1.18. The van der Waals surface area contributed by atoms with Crippen LogP contribution in [-0.4, -0.2) is 0 Å². The Balaban J connectivity index is 3.22. The molecule has 0 aliphatic rings. The number of halogens is 3. The van der Waals surface area contributed by atoms with Gasteiger partial charge in [-0.3, -0.25) is 0 Å². The fraction of sp³-hybridized carbons (Fsp3) is 0.333. The summed E-state index contributed by atoms with van der Waals surface area (Å²) in [6.07, 6.45) is -4.43. The molecule has 14 heavy (non-hydrogen) atoms. The summed E-state index contributed by atoms with van der Waals surface area (Å²) in [7, 11) is 0. The molecule has 1 aromatic carbocycles. The monoisotopic (exact) mass is 203 g/mol. The van der Waals surface area contributed by atoms with Gasteiger partial charge in [-0.15, -0.1) is 0 Å². The van der Waals surface area contributed by atoms with Crippen LogP contribution < -0.4 is 0 Å². The van der Waals surface area contributed by atoms with Gasteiger partial charge in [0.2, 0.25) is 0 Å². The van der Waals surface area contributed by atoms with Gasteiger partial charge in [-0.2, -0.15) is 18.1 Å². The van der Waals surface area contributed by atoms with Crippen LogP contribution in [0.1, 0.15) is 24.1 Å². The first kappa shape index (κ1) is 10.7. The minimum absolute atomic E-state index is 0.0880. The van der Waals surface area contributed by atoms with E-state index in [1.807, 2.05) is 0 Å². The minimum Gasteiger partial charge on any atom is -0.166 e. The number of benzene rings is 1. The molecule has 5 heteroatoms. The first-order valence-corrected chi connectivity index (χ1v) is 3.95. The van der Waals surface area contributed by atoms with Crippen LogP contribution in [0.5, 0.6) is 0 Å². The summed E-state index contributed by atoms with van der Waals surface area (Å²) >= 11 is 0. The Morgan fingerprint density at radius 1 is 1.29 bits per heavy atom. The predicted octanol–water partition coefficient (Wildman–Crippen LogP) is 3.53. The molecule has 0 saturated carbocycles. The molecular weight excluding hydrogens is 195 g/mol. The van der Waals surface area contributed by atoms with Gasteiger partial charge in [-0.25, -0.2) is 0 Å². The zero-order valence-electron chi connectivity index (χ0n) is 7.38. The Morgan fingerprint density at radius 3 is 2.36 bits per heavy atom. The van der Waals surface area contributed by atoms with Gasteiger partial charge in [0.15, 0.2) is 0 Å². The van der Waals surface area contributed by atoms with E-state index in [0.717, 1.165) is 6.07 Å². The molecule has 0 bridgehead atoms. The third-order valence-corrected chi connectivity index (χ3v) is 1.87. The summed E-state index contributed by atoms with van der Waals surface area (Å²) in [4.78, 5) is 10.2. The average Bonchev–Trinajstić information content (AvgIpc) is 2.15. The summed E-state index contributed by atoms with van der Waals surface area (Å²) < 4.78 is 37.2. The number of hydrogen-bond donors (Lipinski definition) is 0. The van der Waals surface area contributed by atoms with Crippen molar-refractivity contribution in [3.63, 3.8) is 0 Å². The topological polar surface area (TPSA) is 29.4 Å². The molecule has 0 N–H and O–H groups in total. The molecule has 1 atom stereocenters. The number of nitrogens with zero attached hydrogens (tertiary/aromatic N) is 1. The highest BCUT2D eigenvalue weighted by Crippen LogP contribution is 2.35. The highest BCUT2D eigenvalue weighted by molar-refractivity contribution is 5.32. The molecule has 1 unspecified atom stereocenters. The number of hydrogen-bond acceptors (Lipinski definition) is 2. The van der Waals surface area contributed by atoms with Crippen molar-refractivity contribution in [3.8, 4) is 0 Å². The van der Waals surface area contributed by atoms with Crippen molar-refractivity contribution in [2.45, 2.75) is 19.1 Å². The van der Waals surface area contributed by atoms with E-state index in [1.54, 1.807) is 0 Å². The molecule has 0 aliphatic heterocycles. The summed E-state index contributed by atoms with van der Waals surface area (Å²) in [6.45, 7) is 1.33. The maximum Gasteiger partial charge on any atom is 0.416 e. The lowest BCUT2D eigenvalue weighted by Gasteiger charge is -2.13. The lowest BCUT2D eigenvalue weighted by molar-refractivity contribution is -0.138. The van der Waals surface area contributed by atoms with Gasteiger partial charge in [-0.1, -0.05) is 23.4 Å². The number of rotatable bonds is 2. The van der Waals surface area contributed by atoms with Gasteiger partial charge >= 0.3 is 6.18 Å². The highest BCUT2D eigenvalue weighted by Gasteiger charge is 2.34. The van der Waals surface area contributed by atoms with Gasteiger partial charge in [0, 0.05) is 0 Å². The average molecular weight is 203 g/mol. The molecule has 0 aliphatic carbocycles. The van der Waals surface area contributed by atoms with Gasteiger partial charge < -0.3 is 0 Å². The minimum atomic E-state index is -4.43. The molecule has 76 valence electrons. The van der Waals surface area contributed by atoms with Gasteiger partial charge in [-0.05, 0) is 18.6 Å². The van der Waals surface area contributed by atoms with Crippen LogP contribution in [0.3, 0.4) is 0 Å². The van der Waals surface area contributed by atoms with Gasteiger partial charge in [0.25, 0.3) is 0 Å². The molecule has 0 spiro atoms. The molecular formula is C9H8F3NO. The Hall–Kier alpha value is -1.39. The van der Waals surface area contributed by atoms with Gasteiger partial charge in [0.05, 0.1) is 5.56 Å². The van der Waals surface area contributed by atoms with E-state index in [4.69, 9.17) is 0 Å². The Kier molecular flexibility index (Phi) is 2.88. The summed E-state index contributed by atoms with van der Waals surface area (Å²) in [5.41, 5.74) is -0.887. The van der Waals surface area contributed by atoms with E-state index < -0.39 is 17.8 Å². The van der Waals surface area contributed by atoms with Crippen LogP contribution in [0.2, 0.25) is 0 Å². The molecule has 1 rings (SSSR count). The third kappa shape index (κ3) is 2.10. The second kappa shape index (κ2) is 3.77. The fourth-order valence-corrected chi connectivity index (χ4v) is 1.18.